The lowest BCUT2D eigenvalue weighted by Crippen LogP contribution is -2.43. The van der Waals surface area contributed by atoms with E-state index in [9.17, 15) is 4.79 Å². The van der Waals surface area contributed by atoms with Crippen molar-refractivity contribution in [1.82, 2.24) is 4.90 Å². The van der Waals surface area contributed by atoms with E-state index in [4.69, 9.17) is 14.4 Å². The number of amidine groups is 1. The fraction of sp³-hybridized carbons (Fsp3) is 0.233. The number of hydrogen-bond acceptors (Lipinski definition) is 5. The molecule has 0 spiro atoms. The van der Waals surface area contributed by atoms with Gasteiger partial charge in [0.2, 0.25) is 8.32 Å². The van der Waals surface area contributed by atoms with Gasteiger partial charge >= 0.3 is 0 Å². The Morgan fingerprint density at radius 1 is 1.00 bits per heavy atom. The fourth-order valence-corrected chi connectivity index (χ4v) is 5.59. The molecule has 2 aliphatic rings. The highest BCUT2D eigenvalue weighted by atomic mass is 32.1. The summed E-state index contributed by atoms with van der Waals surface area (Å²) >= 11 is 1.58. The Balaban J connectivity index is 1.53. The highest BCUT2D eigenvalue weighted by Crippen LogP contribution is 2.38. The van der Waals surface area contributed by atoms with E-state index in [0.29, 0.717) is 18.0 Å². The van der Waals surface area contributed by atoms with Crippen molar-refractivity contribution in [3.63, 3.8) is 0 Å². The standard InChI is InChI=1S/C30H31N3O2SSi/c1-30(2,3)37(4,5)35-23-14-9-13-22(18-23)27-20-33-28(25(31-27)17-21-11-7-6-8-12-21)32-26(29(33)34)19-24-15-10-16-36-24/h6-16,18-20H,17H2,1-5H3/b26-19-. The van der Waals surface area contributed by atoms with Gasteiger partial charge in [0, 0.05) is 23.1 Å². The molecule has 0 radical (unpaired) electrons. The number of hydrogen-bond donors (Lipinski definition) is 0. The van der Waals surface area contributed by atoms with Crippen molar-refractivity contribution in [2.45, 2.75) is 45.3 Å². The van der Waals surface area contributed by atoms with Gasteiger partial charge in [0.05, 0.1) is 11.4 Å². The van der Waals surface area contributed by atoms with Crippen molar-refractivity contribution in [3.05, 3.63) is 100 Å². The molecule has 2 aromatic carbocycles. The monoisotopic (exact) mass is 525 g/mol. The van der Waals surface area contributed by atoms with Gasteiger partial charge in [0.25, 0.3) is 5.91 Å². The highest BCUT2D eigenvalue weighted by Gasteiger charge is 2.39. The fourth-order valence-electron chi connectivity index (χ4n) is 3.92. The molecule has 0 aliphatic carbocycles. The quantitative estimate of drug-likeness (QED) is 0.249. The van der Waals surface area contributed by atoms with E-state index in [-0.39, 0.29) is 10.9 Å². The Kier molecular flexibility index (Phi) is 6.60. The van der Waals surface area contributed by atoms with Gasteiger partial charge in [-0.15, -0.1) is 11.3 Å². The number of benzene rings is 2. The third-order valence-electron chi connectivity index (χ3n) is 7.00. The van der Waals surface area contributed by atoms with E-state index in [0.717, 1.165) is 33.2 Å². The Morgan fingerprint density at radius 3 is 2.49 bits per heavy atom. The van der Waals surface area contributed by atoms with Gasteiger partial charge in [-0.25, -0.2) is 9.98 Å². The second-order valence-corrected chi connectivity index (χ2v) is 16.5. The summed E-state index contributed by atoms with van der Waals surface area (Å²) in [4.78, 5) is 25.8. The molecule has 5 nitrogen and oxygen atoms in total. The topological polar surface area (TPSA) is 54.3 Å². The zero-order chi connectivity index (χ0) is 26.2. The van der Waals surface area contributed by atoms with Crippen molar-refractivity contribution in [1.29, 1.82) is 0 Å². The zero-order valence-corrected chi connectivity index (χ0v) is 23.7. The number of carbonyl (C=O) groups excluding carboxylic acids is 1. The summed E-state index contributed by atoms with van der Waals surface area (Å²) in [6, 6.07) is 22.1. The molecule has 37 heavy (non-hydrogen) atoms. The van der Waals surface area contributed by atoms with Crippen molar-refractivity contribution in [2.24, 2.45) is 9.98 Å². The van der Waals surface area contributed by atoms with Gasteiger partial charge in [0.1, 0.15) is 11.4 Å². The summed E-state index contributed by atoms with van der Waals surface area (Å²) in [6.07, 6.45) is 4.23. The molecule has 1 amide bonds. The van der Waals surface area contributed by atoms with Gasteiger partial charge in [-0.3, -0.25) is 9.69 Å². The number of aliphatic imine (C=N–C) groups is 2. The van der Waals surface area contributed by atoms with Crippen LogP contribution >= 0.6 is 11.3 Å². The Hall–Kier alpha value is -3.55. The van der Waals surface area contributed by atoms with Gasteiger partial charge in [-0.2, -0.15) is 0 Å². The van der Waals surface area contributed by atoms with Gasteiger partial charge < -0.3 is 4.43 Å². The molecule has 0 unspecified atom stereocenters. The van der Waals surface area contributed by atoms with Crippen LogP contribution in [0.4, 0.5) is 0 Å². The lowest BCUT2D eigenvalue weighted by Gasteiger charge is -2.36. The minimum absolute atomic E-state index is 0.0900. The second-order valence-electron chi connectivity index (χ2n) is 10.8. The maximum atomic E-state index is 13.4. The molecule has 7 heteroatoms. The molecular formula is C30H31N3O2SSi. The summed E-state index contributed by atoms with van der Waals surface area (Å²) in [5, 5.41) is 2.08. The minimum atomic E-state index is -2.00. The van der Waals surface area contributed by atoms with Crippen LogP contribution in [-0.2, 0) is 11.2 Å². The van der Waals surface area contributed by atoms with Crippen molar-refractivity contribution in [3.8, 4) is 5.75 Å². The predicted molar refractivity (Wildman–Crippen MR) is 156 cm³/mol. The largest absolute Gasteiger partial charge is 0.543 e. The molecule has 3 aromatic rings. The number of carbonyl (C=O) groups is 1. The number of nitrogens with zero attached hydrogens (tertiary/aromatic N) is 3. The number of thiophene rings is 1. The first-order valence-electron chi connectivity index (χ1n) is 12.4. The van der Waals surface area contributed by atoms with Crippen LogP contribution in [-0.4, -0.2) is 30.7 Å². The molecule has 188 valence electrons. The maximum absolute atomic E-state index is 13.4. The molecule has 3 heterocycles. The maximum Gasteiger partial charge on any atom is 0.282 e. The van der Waals surface area contributed by atoms with Crippen LogP contribution in [0.25, 0.3) is 11.8 Å². The summed E-state index contributed by atoms with van der Waals surface area (Å²) in [6.45, 7) is 11.2. The van der Waals surface area contributed by atoms with Crippen LogP contribution in [0.3, 0.4) is 0 Å². The molecule has 0 bridgehead atoms. The molecule has 5 rings (SSSR count). The van der Waals surface area contributed by atoms with Crippen LogP contribution in [0, 0.1) is 0 Å². The Morgan fingerprint density at radius 2 is 1.78 bits per heavy atom. The van der Waals surface area contributed by atoms with E-state index in [1.807, 2.05) is 66.1 Å². The van der Waals surface area contributed by atoms with E-state index in [1.165, 1.54) is 0 Å². The number of fused-ring (bicyclic) bond motifs is 1. The van der Waals surface area contributed by atoms with Crippen LogP contribution in [0.1, 0.15) is 36.8 Å². The van der Waals surface area contributed by atoms with E-state index in [1.54, 1.807) is 22.4 Å². The van der Waals surface area contributed by atoms with Gasteiger partial charge in [-0.1, -0.05) is 69.3 Å². The average molecular weight is 526 g/mol. The molecule has 1 aromatic heterocycles. The predicted octanol–water partition coefficient (Wildman–Crippen LogP) is 7.41. The molecular weight excluding hydrogens is 495 g/mol. The molecule has 0 N–H and O–H groups in total. The van der Waals surface area contributed by atoms with E-state index in [2.05, 4.69) is 46.0 Å². The number of rotatable bonds is 6. The van der Waals surface area contributed by atoms with Crippen LogP contribution in [0.15, 0.2) is 94.0 Å². The van der Waals surface area contributed by atoms with E-state index >= 15 is 0 Å². The van der Waals surface area contributed by atoms with Gasteiger partial charge in [-0.05, 0) is 53.4 Å². The summed E-state index contributed by atoms with van der Waals surface area (Å²) < 4.78 is 6.55. The smallest absolute Gasteiger partial charge is 0.282 e. The zero-order valence-electron chi connectivity index (χ0n) is 21.9. The summed E-state index contributed by atoms with van der Waals surface area (Å²) in [5.41, 5.74) is 3.93. The van der Waals surface area contributed by atoms with Crippen molar-refractivity contribution >= 4 is 48.9 Å². The van der Waals surface area contributed by atoms with E-state index < -0.39 is 8.32 Å². The SMILES string of the molecule is CC(C)(C)[Si](C)(C)Oc1cccc(C2=CN3C(=O)/C(=C/c4cccs4)N=C3C(Cc3ccccc3)=N2)c1. The highest BCUT2D eigenvalue weighted by molar-refractivity contribution is 7.10. The lowest BCUT2D eigenvalue weighted by molar-refractivity contribution is -0.120. The molecule has 0 saturated heterocycles. The normalized spacial score (nSPS) is 16.9. The van der Waals surface area contributed by atoms with Crippen LogP contribution in [0.5, 0.6) is 5.75 Å². The first kappa shape index (κ1) is 25.1. The van der Waals surface area contributed by atoms with Crippen LogP contribution in [0.2, 0.25) is 18.1 Å². The molecule has 0 atom stereocenters. The summed E-state index contributed by atoms with van der Waals surface area (Å²) in [7, 11) is -2.00. The minimum Gasteiger partial charge on any atom is -0.543 e. The molecule has 2 aliphatic heterocycles. The van der Waals surface area contributed by atoms with Crippen molar-refractivity contribution < 1.29 is 9.22 Å². The Labute approximate surface area is 223 Å². The first-order chi connectivity index (χ1) is 17.6. The molecule has 0 fully saturated rings. The lowest BCUT2D eigenvalue weighted by atomic mass is 10.0. The van der Waals surface area contributed by atoms with Gasteiger partial charge in [0.15, 0.2) is 5.84 Å². The second kappa shape index (κ2) is 9.72. The average Bonchev–Trinajstić information content (AvgIpc) is 3.48. The number of amides is 1. The summed E-state index contributed by atoms with van der Waals surface area (Å²) in [5.74, 6) is 1.28. The molecule has 0 saturated carbocycles. The van der Waals surface area contributed by atoms with Crippen molar-refractivity contribution in [2.75, 3.05) is 0 Å². The van der Waals surface area contributed by atoms with Crippen LogP contribution < -0.4 is 4.43 Å². The Bertz CT molecular complexity index is 1450. The third kappa shape index (κ3) is 5.28. The third-order valence-corrected chi connectivity index (χ3v) is 12.2. The first-order valence-corrected chi connectivity index (χ1v) is 16.2.